The summed E-state index contributed by atoms with van der Waals surface area (Å²) in [4.78, 5) is 0. The van der Waals surface area contributed by atoms with Crippen LogP contribution in [-0.4, -0.2) is 13.7 Å². The van der Waals surface area contributed by atoms with Crippen LogP contribution in [0.5, 0.6) is 5.75 Å². The Morgan fingerprint density at radius 1 is 1.47 bits per heavy atom. The fraction of sp³-hybridized carbons (Fsp3) is 0.400. The number of nitrogens with two attached hydrogens (primary N) is 1. The van der Waals surface area contributed by atoms with E-state index in [2.05, 4.69) is 0 Å². The van der Waals surface area contributed by atoms with E-state index in [4.69, 9.17) is 22.1 Å². The van der Waals surface area contributed by atoms with Crippen LogP contribution in [0.25, 0.3) is 0 Å². The van der Waals surface area contributed by atoms with Crippen molar-refractivity contribution in [3.05, 3.63) is 28.3 Å². The third-order valence-corrected chi connectivity index (χ3v) is 2.42. The van der Waals surface area contributed by atoms with Crippen LogP contribution in [0.2, 0.25) is 5.02 Å². The Hall–Kier alpha value is -0.870. The van der Waals surface area contributed by atoms with Gasteiger partial charge in [0.1, 0.15) is 16.6 Å². The standard InChI is InChI=1S/C10H12ClF2NO/c1-15-8-5-7(12)9(11)10(13)6(8)3-2-4-14/h5H,2-4,14H2,1H3. The lowest BCUT2D eigenvalue weighted by atomic mass is 10.1. The highest BCUT2D eigenvalue weighted by atomic mass is 35.5. The number of halogens is 3. The molecule has 2 N–H and O–H groups in total. The first-order valence-corrected chi connectivity index (χ1v) is 4.90. The first kappa shape index (κ1) is 12.2. The molecule has 0 aliphatic rings. The van der Waals surface area contributed by atoms with Crippen molar-refractivity contribution in [2.24, 2.45) is 5.73 Å². The lowest BCUT2D eigenvalue weighted by Gasteiger charge is -2.10. The molecular weight excluding hydrogens is 224 g/mol. The summed E-state index contributed by atoms with van der Waals surface area (Å²) in [5.74, 6) is -1.41. The molecule has 0 saturated carbocycles. The van der Waals surface area contributed by atoms with Crippen molar-refractivity contribution in [1.29, 1.82) is 0 Å². The molecule has 5 heteroatoms. The summed E-state index contributed by atoms with van der Waals surface area (Å²) in [7, 11) is 1.36. The highest BCUT2D eigenvalue weighted by molar-refractivity contribution is 6.31. The van der Waals surface area contributed by atoms with Crippen molar-refractivity contribution in [1.82, 2.24) is 0 Å². The van der Waals surface area contributed by atoms with Crippen LogP contribution in [0.4, 0.5) is 8.78 Å². The van der Waals surface area contributed by atoms with Crippen molar-refractivity contribution in [3.63, 3.8) is 0 Å². The van der Waals surface area contributed by atoms with Gasteiger partial charge in [-0.15, -0.1) is 0 Å². The summed E-state index contributed by atoms with van der Waals surface area (Å²) in [6, 6.07) is 1.08. The maximum atomic E-state index is 13.5. The van der Waals surface area contributed by atoms with E-state index < -0.39 is 16.7 Å². The third kappa shape index (κ3) is 2.58. The zero-order valence-corrected chi connectivity index (χ0v) is 9.07. The van der Waals surface area contributed by atoms with Gasteiger partial charge in [0.15, 0.2) is 5.82 Å². The van der Waals surface area contributed by atoms with Crippen LogP contribution >= 0.6 is 11.6 Å². The Labute approximate surface area is 92.0 Å². The molecule has 0 radical (unpaired) electrons. The fourth-order valence-electron chi connectivity index (χ4n) is 1.30. The van der Waals surface area contributed by atoms with Crippen molar-refractivity contribution in [2.45, 2.75) is 12.8 Å². The summed E-state index contributed by atoms with van der Waals surface area (Å²) < 4.78 is 31.5. The lowest BCUT2D eigenvalue weighted by Crippen LogP contribution is -2.04. The summed E-state index contributed by atoms with van der Waals surface area (Å²) in [5, 5.41) is -0.497. The number of hydrogen-bond acceptors (Lipinski definition) is 2. The summed E-state index contributed by atoms with van der Waals surface area (Å²) in [5.41, 5.74) is 5.59. The molecule has 1 aromatic carbocycles. The lowest BCUT2D eigenvalue weighted by molar-refractivity contribution is 0.399. The smallest absolute Gasteiger partial charge is 0.151 e. The number of rotatable bonds is 4. The highest BCUT2D eigenvalue weighted by Crippen LogP contribution is 2.30. The molecule has 2 nitrogen and oxygen atoms in total. The van der Waals surface area contributed by atoms with Crippen LogP contribution in [0.15, 0.2) is 6.07 Å². The quantitative estimate of drug-likeness (QED) is 0.814. The molecule has 0 aliphatic heterocycles. The van der Waals surface area contributed by atoms with E-state index in [1.54, 1.807) is 0 Å². The van der Waals surface area contributed by atoms with Gasteiger partial charge in [0, 0.05) is 11.6 Å². The molecule has 0 aliphatic carbocycles. The van der Waals surface area contributed by atoms with E-state index >= 15 is 0 Å². The van der Waals surface area contributed by atoms with E-state index in [-0.39, 0.29) is 11.3 Å². The molecule has 0 unspecified atom stereocenters. The average molecular weight is 236 g/mol. The number of methoxy groups -OCH3 is 1. The van der Waals surface area contributed by atoms with E-state index in [9.17, 15) is 8.78 Å². The van der Waals surface area contributed by atoms with Crippen molar-refractivity contribution < 1.29 is 13.5 Å². The van der Waals surface area contributed by atoms with Gasteiger partial charge >= 0.3 is 0 Å². The van der Waals surface area contributed by atoms with Gasteiger partial charge in [-0.3, -0.25) is 0 Å². The maximum Gasteiger partial charge on any atom is 0.151 e. The monoisotopic (exact) mass is 235 g/mol. The molecule has 1 aromatic rings. The average Bonchev–Trinajstić information content (AvgIpc) is 2.24. The SMILES string of the molecule is COc1cc(F)c(Cl)c(F)c1CCCN. The molecule has 0 fully saturated rings. The molecule has 0 saturated heterocycles. The Morgan fingerprint density at radius 3 is 2.67 bits per heavy atom. The van der Waals surface area contributed by atoms with Crippen molar-refractivity contribution in [2.75, 3.05) is 13.7 Å². The number of benzene rings is 1. The van der Waals surface area contributed by atoms with Gasteiger partial charge in [-0.05, 0) is 19.4 Å². The van der Waals surface area contributed by atoms with E-state index in [1.165, 1.54) is 7.11 Å². The minimum Gasteiger partial charge on any atom is -0.496 e. The summed E-state index contributed by atoms with van der Waals surface area (Å²) >= 11 is 5.45. The number of hydrogen-bond donors (Lipinski definition) is 1. The molecule has 0 aromatic heterocycles. The molecule has 0 heterocycles. The third-order valence-electron chi connectivity index (χ3n) is 2.07. The predicted molar refractivity (Wildman–Crippen MR) is 55.3 cm³/mol. The van der Waals surface area contributed by atoms with E-state index in [0.29, 0.717) is 19.4 Å². The van der Waals surface area contributed by atoms with Gasteiger partial charge < -0.3 is 10.5 Å². The van der Waals surface area contributed by atoms with Crippen LogP contribution in [0, 0.1) is 11.6 Å². The van der Waals surface area contributed by atoms with Gasteiger partial charge in [-0.2, -0.15) is 0 Å². The minimum absolute atomic E-state index is 0.169. The first-order valence-electron chi connectivity index (χ1n) is 4.52. The molecular formula is C10H12ClF2NO. The molecule has 0 bridgehead atoms. The second-order valence-corrected chi connectivity index (χ2v) is 3.44. The van der Waals surface area contributed by atoms with Gasteiger partial charge in [0.25, 0.3) is 0 Å². The predicted octanol–water partition coefficient (Wildman–Crippen LogP) is 2.52. The molecule has 0 amide bonds. The van der Waals surface area contributed by atoms with Crippen molar-refractivity contribution in [3.8, 4) is 5.75 Å². The normalized spacial score (nSPS) is 10.5. The molecule has 1 rings (SSSR count). The van der Waals surface area contributed by atoms with Crippen LogP contribution in [0.1, 0.15) is 12.0 Å². The first-order chi connectivity index (χ1) is 7.11. The Kier molecular flexibility index (Phi) is 4.29. The maximum absolute atomic E-state index is 13.5. The Bertz CT molecular complexity index is 358. The summed E-state index contributed by atoms with van der Waals surface area (Å²) in [6.07, 6.45) is 0.973. The van der Waals surface area contributed by atoms with Crippen LogP contribution in [0.3, 0.4) is 0 Å². The molecule has 0 spiro atoms. The fourth-order valence-corrected chi connectivity index (χ4v) is 1.47. The number of ether oxygens (including phenoxy) is 1. The summed E-state index contributed by atoms with van der Waals surface area (Å²) in [6.45, 7) is 0.428. The van der Waals surface area contributed by atoms with E-state index in [0.717, 1.165) is 6.07 Å². The van der Waals surface area contributed by atoms with Crippen LogP contribution in [-0.2, 0) is 6.42 Å². The highest BCUT2D eigenvalue weighted by Gasteiger charge is 2.17. The van der Waals surface area contributed by atoms with Crippen LogP contribution < -0.4 is 10.5 Å². The minimum atomic E-state index is -0.817. The van der Waals surface area contributed by atoms with Gasteiger partial charge in [0.05, 0.1) is 7.11 Å². The zero-order chi connectivity index (χ0) is 11.4. The molecule has 84 valence electrons. The second-order valence-electron chi connectivity index (χ2n) is 3.06. The van der Waals surface area contributed by atoms with Gasteiger partial charge in [-0.25, -0.2) is 8.78 Å². The topological polar surface area (TPSA) is 35.2 Å². The Balaban J connectivity index is 3.15. The van der Waals surface area contributed by atoms with Gasteiger partial charge in [0.2, 0.25) is 0 Å². The zero-order valence-electron chi connectivity index (χ0n) is 8.32. The molecule has 15 heavy (non-hydrogen) atoms. The molecule has 0 atom stereocenters. The van der Waals surface area contributed by atoms with Gasteiger partial charge in [-0.1, -0.05) is 11.6 Å². The van der Waals surface area contributed by atoms with Crippen molar-refractivity contribution >= 4 is 11.6 Å². The second kappa shape index (κ2) is 5.28. The van der Waals surface area contributed by atoms with E-state index in [1.807, 2.05) is 0 Å². The largest absolute Gasteiger partial charge is 0.496 e. The Morgan fingerprint density at radius 2 is 2.13 bits per heavy atom.